The molecule has 0 amide bonds. The van der Waals surface area contributed by atoms with E-state index in [9.17, 15) is 0 Å². The van der Waals surface area contributed by atoms with Crippen molar-refractivity contribution in [2.45, 2.75) is 19.3 Å². The topological polar surface area (TPSA) is 18.0 Å². The zero-order chi connectivity index (χ0) is 77.1. The Balaban J connectivity index is 0.000000136. The first-order valence-electron chi connectivity index (χ1n) is 40.7. The third-order valence-corrected chi connectivity index (χ3v) is 25.6. The van der Waals surface area contributed by atoms with Crippen LogP contribution in [-0.4, -0.2) is 13.7 Å². The lowest BCUT2D eigenvalue weighted by Gasteiger charge is -2.28. The summed E-state index contributed by atoms with van der Waals surface area (Å²) in [6, 6.07) is 152. The van der Waals surface area contributed by atoms with Crippen LogP contribution in [0.1, 0.15) is 25.0 Å². The van der Waals surface area contributed by atoms with Gasteiger partial charge in [-0.3, -0.25) is 0 Å². The Kier molecular flexibility index (Phi) is 14.8. The number of hydrogen-bond donors (Lipinski definition) is 0. The summed E-state index contributed by atoms with van der Waals surface area (Å²) >= 11 is 0. The van der Waals surface area contributed by atoms with Gasteiger partial charge in [-0.15, -0.1) is 0 Å². The van der Waals surface area contributed by atoms with Crippen molar-refractivity contribution >= 4 is 104 Å². The Bertz CT molecular complexity index is 7780. The van der Waals surface area contributed by atoms with Crippen LogP contribution in [0.15, 0.2) is 413 Å². The molecule has 0 aliphatic heterocycles. The van der Waals surface area contributed by atoms with Crippen molar-refractivity contribution in [3.8, 4) is 117 Å². The lowest BCUT2D eigenvalue weighted by atomic mass is 9.82. The monoisotopic (exact) mass is 1490 g/mol. The molecule has 546 valence electrons. The maximum Gasteiger partial charge on any atom is 0.0553 e. The summed E-state index contributed by atoms with van der Waals surface area (Å²) < 4.78 is 7.35. The number of nitrogens with zero attached hydrogens (tertiary/aromatic N) is 4. The molecule has 0 atom stereocenters. The number of hydrogen-bond acceptors (Lipinski definition) is 1. The summed E-state index contributed by atoms with van der Waals surface area (Å²) in [7, 11) is 0. The molecule has 4 nitrogen and oxygen atoms in total. The Morgan fingerprint density at radius 3 is 1.01 bits per heavy atom. The van der Waals surface area contributed by atoms with Crippen LogP contribution >= 0.6 is 0 Å². The van der Waals surface area contributed by atoms with Gasteiger partial charge >= 0.3 is 0 Å². The number of para-hydroxylation sites is 3. The lowest BCUT2D eigenvalue weighted by Crippen LogP contribution is -2.16. The molecular formula is C113H74N4. The normalized spacial score (nSPS) is 12.6. The van der Waals surface area contributed by atoms with Gasteiger partial charge in [-0.05, 0) is 254 Å². The van der Waals surface area contributed by atoms with Gasteiger partial charge in [-0.25, -0.2) is 0 Å². The molecule has 19 aromatic carbocycles. The lowest BCUT2D eigenvalue weighted by molar-refractivity contribution is 0.660. The van der Waals surface area contributed by atoms with Crippen LogP contribution in [0.4, 0.5) is 17.1 Å². The van der Waals surface area contributed by atoms with Crippen LogP contribution in [0.25, 0.3) is 204 Å². The molecule has 0 bridgehead atoms. The first-order valence-corrected chi connectivity index (χ1v) is 40.7. The highest BCUT2D eigenvalue weighted by molar-refractivity contribution is 6.33. The third-order valence-electron chi connectivity index (χ3n) is 25.6. The minimum absolute atomic E-state index is 0.0797. The van der Waals surface area contributed by atoms with E-state index in [0.717, 1.165) is 34.1 Å². The van der Waals surface area contributed by atoms with Crippen LogP contribution in [0.5, 0.6) is 0 Å². The fourth-order valence-electron chi connectivity index (χ4n) is 20.2. The third kappa shape index (κ3) is 10.2. The highest BCUT2D eigenvalue weighted by Crippen LogP contribution is 2.55. The van der Waals surface area contributed by atoms with Crippen molar-refractivity contribution in [1.82, 2.24) is 13.7 Å². The van der Waals surface area contributed by atoms with Gasteiger partial charge in [0.15, 0.2) is 0 Å². The smallest absolute Gasteiger partial charge is 0.0553 e. The van der Waals surface area contributed by atoms with Gasteiger partial charge < -0.3 is 18.6 Å². The van der Waals surface area contributed by atoms with Gasteiger partial charge in [0.05, 0.1) is 33.1 Å². The number of fused-ring (bicyclic) bond motifs is 12. The maximum absolute atomic E-state index is 2.49. The molecule has 3 aromatic heterocycles. The minimum Gasteiger partial charge on any atom is -0.310 e. The van der Waals surface area contributed by atoms with Gasteiger partial charge in [0.1, 0.15) is 0 Å². The number of rotatable bonds is 10. The van der Waals surface area contributed by atoms with Crippen LogP contribution in [-0.2, 0) is 5.41 Å². The number of benzene rings is 19. The molecule has 3 aliphatic carbocycles. The van der Waals surface area contributed by atoms with E-state index in [2.05, 4.69) is 445 Å². The second kappa shape index (κ2) is 26.0. The molecule has 0 fully saturated rings. The van der Waals surface area contributed by atoms with E-state index in [-0.39, 0.29) is 5.41 Å². The standard InChI is InChI=1S/C61H42N2.C52H32N2/c1-61(2)54-23-12-11-21-50(54)51-34-33-47(38-55(51)61)62(44-17-7-4-8-18-44)45-29-24-40(25-30-45)41-26-31-46(32-27-41)63-56-35-28-42-16-13-22-52-48-19-9-10-20-49(48)53-36-43(39-14-5-3-6-15-39)37-57(63)59(53)60(56)58(42)52;1-2-11-33(12-3-1)37-31-45-41-15-5-4-14-40(41)44-18-10-13-36-25-30-48-52(50(36)44)51(45)49(32-37)54(48)39-28-23-35(24-29-39)34-21-26-38(27-22-34)53-46-19-8-6-16-42(46)43-17-7-9-20-47(43)53/h3-38H,1-2H3;1-32H. The zero-order valence-electron chi connectivity index (χ0n) is 64.5. The number of anilines is 3. The Morgan fingerprint density at radius 2 is 0.538 bits per heavy atom. The molecule has 0 saturated carbocycles. The van der Waals surface area contributed by atoms with Crippen LogP contribution < -0.4 is 4.90 Å². The van der Waals surface area contributed by atoms with E-state index in [4.69, 9.17) is 0 Å². The fourth-order valence-corrected chi connectivity index (χ4v) is 20.2. The maximum atomic E-state index is 2.49. The molecule has 3 aliphatic rings. The molecular weight excluding hydrogens is 1410 g/mol. The molecule has 0 radical (unpaired) electrons. The van der Waals surface area contributed by atoms with E-state index < -0.39 is 0 Å². The van der Waals surface area contributed by atoms with Crippen molar-refractivity contribution in [2.24, 2.45) is 0 Å². The van der Waals surface area contributed by atoms with E-state index in [1.54, 1.807) is 0 Å². The van der Waals surface area contributed by atoms with Crippen LogP contribution in [0, 0.1) is 0 Å². The van der Waals surface area contributed by atoms with E-state index in [1.165, 1.54) is 198 Å². The molecule has 0 unspecified atom stereocenters. The van der Waals surface area contributed by atoms with Crippen molar-refractivity contribution < 1.29 is 0 Å². The average molecular weight is 1490 g/mol. The predicted molar refractivity (Wildman–Crippen MR) is 494 cm³/mol. The molecule has 117 heavy (non-hydrogen) atoms. The molecule has 22 aromatic rings. The van der Waals surface area contributed by atoms with Crippen molar-refractivity contribution in [3.63, 3.8) is 0 Å². The molecule has 0 spiro atoms. The van der Waals surface area contributed by atoms with E-state index in [1.807, 2.05) is 0 Å². The molecule has 3 heterocycles. The van der Waals surface area contributed by atoms with Gasteiger partial charge in [0, 0.05) is 71.9 Å². The summed E-state index contributed by atoms with van der Waals surface area (Å²) in [5.74, 6) is 0. The second-order valence-corrected chi connectivity index (χ2v) is 32.2. The Labute approximate surface area is 678 Å². The van der Waals surface area contributed by atoms with Crippen molar-refractivity contribution in [2.75, 3.05) is 4.90 Å². The molecule has 4 heteroatoms. The first-order chi connectivity index (χ1) is 57.8. The first kappa shape index (κ1) is 66.5. The summed E-state index contributed by atoms with van der Waals surface area (Å²) in [6.07, 6.45) is 0. The van der Waals surface area contributed by atoms with Crippen molar-refractivity contribution in [1.29, 1.82) is 0 Å². The highest BCUT2D eigenvalue weighted by atomic mass is 15.1. The van der Waals surface area contributed by atoms with Crippen molar-refractivity contribution in [3.05, 3.63) is 424 Å². The van der Waals surface area contributed by atoms with E-state index >= 15 is 0 Å². The van der Waals surface area contributed by atoms with Gasteiger partial charge in [-0.1, -0.05) is 305 Å². The summed E-state index contributed by atoms with van der Waals surface area (Å²) in [4.78, 5) is 2.38. The van der Waals surface area contributed by atoms with E-state index in [0.29, 0.717) is 0 Å². The Hall–Kier alpha value is -15.1. The Morgan fingerprint density at radius 1 is 0.188 bits per heavy atom. The van der Waals surface area contributed by atoms with Crippen LogP contribution in [0.3, 0.4) is 0 Å². The zero-order valence-corrected chi connectivity index (χ0v) is 64.5. The summed E-state index contributed by atoms with van der Waals surface area (Å²) in [5.41, 5.74) is 39.5. The highest BCUT2D eigenvalue weighted by Gasteiger charge is 2.36. The molecule has 25 rings (SSSR count). The van der Waals surface area contributed by atoms with Gasteiger partial charge in [-0.2, -0.15) is 0 Å². The van der Waals surface area contributed by atoms with Gasteiger partial charge in [0.25, 0.3) is 0 Å². The SMILES string of the molecule is CC1(C)c2ccccc2-c2ccc(N(c3ccccc3)c3ccc(-c4ccc(-n5c6cc(-c7ccccc7)cc7c6c6c8c(cccc8ccc65)-c5ccccc5-7)cc4)cc3)cc21.c1ccc(-c2cc3c4c5c6c(cccc6ccc5n(-c5ccc(-c6ccc(-n7c8ccccc8c8ccccc87)cc6)cc5)c4c2)-c2ccccc2-3)cc1. The predicted octanol–water partition coefficient (Wildman–Crippen LogP) is 30.7. The molecule has 0 saturated heterocycles. The average Bonchev–Trinajstić information content (AvgIpc) is 1.59. The van der Waals surface area contributed by atoms with Crippen LogP contribution in [0.2, 0.25) is 0 Å². The minimum atomic E-state index is -0.0797. The quantitative estimate of drug-likeness (QED) is 0.133. The number of aromatic nitrogens is 3. The second-order valence-electron chi connectivity index (χ2n) is 32.2. The molecule has 0 N–H and O–H groups in total. The largest absolute Gasteiger partial charge is 0.310 e. The summed E-state index contributed by atoms with van der Waals surface area (Å²) in [5, 5.41) is 13.0. The summed E-state index contributed by atoms with van der Waals surface area (Å²) in [6.45, 7) is 4.70. The fraction of sp³-hybridized carbons (Fsp3) is 0.0265. The van der Waals surface area contributed by atoms with Gasteiger partial charge in [0.2, 0.25) is 0 Å².